The third kappa shape index (κ3) is 10.7. The number of Topliss-reactive ketones (excluding diaryl/α,β-unsaturated/α-hetero) is 2. The summed E-state index contributed by atoms with van der Waals surface area (Å²) in [6.45, 7) is 2.12. The number of hydrogen-bond acceptors (Lipinski definition) is 19. The monoisotopic (exact) mass is 788 g/mol. The Balaban J connectivity index is 2.00. The lowest BCUT2D eigenvalue weighted by atomic mass is 10.1. The molecule has 0 atom stereocenters. The number of amides is 1. The van der Waals surface area contributed by atoms with Gasteiger partial charge in [-0.25, -0.2) is 10.5 Å². The first-order chi connectivity index (χ1) is 23.9. The van der Waals surface area contributed by atoms with Gasteiger partial charge in [-0.15, -0.1) is 8.67 Å². The van der Waals surface area contributed by atoms with E-state index in [0.29, 0.717) is 42.3 Å². The highest BCUT2D eigenvalue weighted by atomic mass is 32.2. The topological polar surface area (TPSA) is 309 Å². The van der Waals surface area contributed by atoms with E-state index in [4.69, 9.17) is 15.9 Å². The van der Waals surface area contributed by atoms with Crippen molar-refractivity contribution in [2.75, 3.05) is 10.3 Å². The number of carbonyl (C=O) groups excluding carboxylic acids is 3. The summed E-state index contributed by atoms with van der Waals surface area (Å²) in [6, 6.07) is 6.03. The first kappa shape index (κ1) is 40.9. The molecule has 7 N–H and O–H groups in total. The number of hydrogen-bond donors (Lipinski definition) is 7. The van der Waals surface area contributed by atoms with Gasteiger partial charge >= 0.3 is 0 Å². The highest BCUT2D eigenvalue weighted by Gasteiger charge is 2.34. The molecule has 0 fully saturated rings. The number of benzene rings is 2. The lowest BCUT2D eigenvalue weighted by Crippen LogP contribution is -2.22. The summed E-state index contributed by atoms with van der Waals surface area (Å²) in [5.41, 5.74) is -2.58. The Bertz CT molecular complexity index is 2130. The van der Waals surface area contributed by atoms with Crippen LogP contribution in [0.15, 0.2) is 108 Å². The zero-order valence-corrected chi connectivity index (χ0v) is 28.9. The van der Waals surface area contributed by atoms with E-state index in [-0.39, 0.29) is 26.8 Å². The predicted molar refractivity (Wildman–Crippen MR) is 177 cm³/mol. The van der Waals surface area contributed by atoms with Gasteiger partial charge in [0.15, 0.2) is 17.4 Å². The van der Waals surface area contributed by atoms with Gasteiger partial charge in [0, 0.05) is 18.7 Å². The molecular formula is C27H24N4O16S4. The minimum atomic E-state index is -5.02. The van der Waals surface area contributed by atoms with Gasteiger partial charge in [-0.05, 0) is 48.6 Å². The summed E-state index contributed by atoms with van der Waals surface area (Å²) < 4.78 is 74.6. The number of anilines is 2. The van der Waals surface area contributed by atoms with E-state index >= 15 is 0 Å². The minimum Gasteiger partial charge on any atom is -0.494 e. The van der Waals surface area contributed by atoms with Crippen molar-refractivity contribution < 1.29 is 74.7 Å². The molecule has 20 nitrogen and oxygen atoms in total. The molecule has 2 aromatic carbocycles. The molecule has 0 aromatic heterocycles. The zero-order chi connectivity index (χ0) is 38.1. The summed E-state index contributed by atoms with van der Waals surface area (Å²) in [5, 5.41) is 50.1. The van der Waals surface area contributed by atoms with E-state index in [1.165, 1.54) is 36.4 Å². The zero-order valence-electron chi connectivity index (χ0n) is 25.6. The van der Waals surface area contributed by atoms with Crippen molar-refractivity contribution in [1.82, 2.24) is 0 Å². The van der Waals surface area contributed by atoms with Crippen LogP contribution in [0, 0.1) is 5.41 Å². The van der Waals surface area contributed by atoms with Crippen LogP contribution in [0.25, 0.3) is 0 Å². The van der Waals surface area contributed by atoms with E-state index < -0.39 is 70.4 Å². The quantitative estimate of drug-likeness (QED) is 0.0175. The average molecular weight is 789 g/mol. The number of nitrogens with one attached hydrogen (secondary N) is 2. The first-order valence-corrected chi connectivity index (χ1v) is 17.6. The van der Waals surface area contributed by atoms with Crippen LogP contribution in [0.3, 0.4) is 0 Å². The Morgan fingerprint density at radius 2 is 1.61 bits per heavy atom. The second kappa shape index (κ2) is 17.6. The van der Waals surface area contributed by atoms with Crippen LogP contribution in [0.2, 0.25) is 0 Å². The molecule has 1 aliphatic rings. The molecule has 24 heteroatoms. The second-order valence-corrected chi connectivity index (χ2v) is 13.8. The lowest BCUT2D eigenvalue weighted by Gasteiger charge is -2.16. The van der Waals surface area contributed by atoms with Crippen LogP contribution in [0.4, 0.5) is 11.4 Å². The Kier molecular flexibility index (Phi) is 14.1. The van der Waals surface area contributed by atoms with Crippen LogP contribution < -0.4 is 10.3 Å². The van der Waals surface area contributed by atoms with Gasteiger partial charge in [-0.3, -0.25) is 28.9 Å². The molecule has 1 amide bonds. The fraction of sp³-hybridized carbons (Fsp3) is 0.0741. The molecule has 0 aliphatic carbocycles. The van der Waals surface area contributed by atoms with Crippen molar-refractivity contribution in [3.05, 3.63) is 83.8 Å². The molecule has 3 rings (SSSR count). The van der Waals surface area contributed by atoms with Crippen LogP contribution in [-0.2, 0) is 53.4 Å². The molecule has 0 radical (unpaired) electrons. The summed E-state index contributed by atoms with van der Waals surface area (Å²) >= 11 is 1.01. The molecule has 1 aliphatic heterocycles. The Hall–Kier alpha value is -4.57. The van der Waals surface area contributed by atoms with Gasteiger partial charge in [0.2, 0.25) is 0 Å². The SMILES string of the molecule is CC(=O)C(=N)C(/C=C/C=C/C=C1C(=O)N(c2cc(SOOO)ccc2SOOO)N=C1C(C)=O)=C(/O)Nc1cc(S(=O)(=O)O)ccc1S(=O)(=O)O. The average Bonchev–Trinajstić information content (AvgIpc) is 3.38. The molecule has 0 bridgehead atoms. The second-order valence-electron chi connectivity index (χ2n) is 9.45. The van der Waals surface area contributed by atoms with Gasteiger partial charge in [-0.2, -0.15) is 26.9 Å². The van der Waals surface area contributed by atoms with Crippen molar-refractivity contribution in [3.8, 4) is 0 Å². The molecule has 2 aromatic rings. The molecule has 0 saturated carbocycles. The maximum absolute atomic E-state index is 13.4. The Labute approximate surface area is 296 Å². The van der Waals surface area contributed by atoms with Gasteiger partial charge in [0.05, 0.1) is 56.4 Å². The number of aliphatic hydroxyl groups excluding tert-OH is 1. The predicted octanol–water partition coefficient (Wildman–Crippen LogP) is 3.86. The van der Waals surface area contributed by atoms with Crippen molar-refractivity contribution in [2.24, 2.45) is 5.10 Å². The number of rotatable bonds is 17. The minimum absolute atomic E-state index is 0.0133. The number of allylic oxidation sites excluding steroid dienone is 6. The molecule has 272 valence electrons. The van der Waals surface area contributed by atoms with Gasteiger partial charge in [0.1, 0.15) is 16.3 Å². The molecular weight excluding hydrogens is 765 g/mol. The lowest BCUT2D eigenvalue weighted by molar-refractivity contribution is -0.432. The number of ketones is 2. The summed E-state index contributed by atoms with van der Waals surface area (Å²) in [7, 11) is -9.90. The van der Waals surface area contributed by atoms with E-state index in [1.54, 1.807) is 0 Å². The van der Waals surface area contributed by atoms with Crippen LogP contribution in [0.1, 0.15) is 13.8 Å². The van der Waals surface area contributed by atoms with Crippen LogP contribution in [-0.4, -0.2) is 70.5 Å². The van der Waals surface area contributed by atoms with E-state index in [2.05, 4.69) is 29.2 Å². The fourth-order valence-electron chi connectivity index (χ4n) is 3.90. The standard InChI is InChI=1S/C27H24N4O16S4/c1-14(32)24(28)18(26(34)29-20-13-17(50(38,39)40)9-11-23(20)51(41,42)43)6-4-3-5-7-19-25(15(2)33)30-31(27(19)35)21-12-16(48-46-44-36)8-10-22(21)49-47-45-37/h3-13,28-29,34,36-37H,1-2H3,(H,38,39,40)(H,41,42,43)/b5-3+,6-4+,19-7?,26-18+,28-24?. The highest BCUT2D eigenvalue weighted by molar-refractivity contribution is 7.95. The molecule has 51 heavy (non-hydrogen) atoms. The van der Waals surface area contributed by atoms with Crippen molar-refractivity contribution in [3.63, 3.8) is 0 Å². The molecule has 1 heterocycles. The van der Waals surface area contributed by atoms with Crippen LogP contribution >= 0.6 is 24.1 Å². The number of hydrazone groups is 1. The first-order valence-electron chi connectivity index (χ1n) is 13.2. The van der Waals surface area contributed by atoms with E-state index in [1.807, 2.05) is 0 Å². The van der Waals surface area contributed by atoms with Gasteiger partial charge in [0.25, 0.3) is 26.1 Å². The van der Waals surface area contributed by atoms with Gasteiger partial charge < -0.3 is 10.4 Å². The number of nitrogens with zero attached hydrogens (tertiary/aromatic N) is 2. The van der Waals surface area contributed by atoms with Crippen molar-refractivity contribution in [1.29, 1.82) is 5.41 Å². The third-order valence-electron chi connectivity index (χ3n) is 6.09. The molecule has 0 spiro atoms. The number of carbonyl (C=O) groups is 3. The Morgan fingerprint density at radius 1 is 0.941 bits per heavy atom. The molecule has 0 unspecified atom stereocenters. The Morgan fingerprint density at radius 3 is 2.20 bits per heavy atom. The highest BCUT2D eigenvalue weighted by Crippen LogP contribution is 2.37. The maximum Gasteiger partial charge on any atom is 0.296 e. The largest absolute Gasteiger partial charge is 0.494 e. The summed E-state index contributed by atoms with van der Waals surface area (Å²) in [6.07, 6.45) is 5.82. The molecule has 0 saturated heterocycles. The van der Waals surface area contributed by atoms with E-state index in [9.17, 15) is 45.4 Å². The fourth-order valence-corrected chi connectivity index (χ4v) is 5.89. The van der Waals surface area contributed by atoms with Crippen molar-refractivity contribution in [2.45, 2.75) is 33.4 Å². The van der Waals surface area contributed by atoms with Gasteiger partial charge in [-0.1, -0.05) is 28.3 Å². The van der Waals surface area contributed by atoms with Crippen molar-refractivity contribution >= 4 is 84.6 Å². The van der Waals surface area contributed by atoms with Crippen LogP contribution in [0.5, 0.6) is 0 Å². The maximum atomic E-state index is 13.4. The van der Waals surface area contributed by atoms with E-state index in [0.717, 1.165) is 31.0 Å². The summed E-state index contributed by atoms with van der Waals surface area (Å²) in [5.74, 6) is -3.36. The summed E-state index contributed by atoms with van der Waals surface area (Å²) in [4.78, 5) is 36.5. The normalized spacial score (nSPS) is 15.1. The third-order valence-corrected chi connectivity index (χ3v) is 9.08. The number of aliphatic hydroxyl groups is 1. The smallest absolute Gasteiger partial charge is 0.296 e.